The van der Waals surface area contributed by atoms with Crippen molar-refractivity contribution in [2.24, 2.45) is 0 Å². The molecule has 66 heavy (non-hydrogen) atoms. The van der Waals surface area contributed by atoms with E-state index in [1.54, 1.807) is 0 Å². The molecular weight excluding hydrogens is 817 g/mol. The molecule has 0 heterocycles. The van der Waals surface area contributed by atoms with Crippen LogP contribution in [0.2, 0.25) is 0 Å². The normalized spacial score (nSPS) is 13.0. The minimum atomic E-state index is -0.808. The lowest BCUT2D eigenvalue weighted by Crippen LogP contribution is -2.30. The fraction of sp³-hybridized carbons (Fsp3) is 0.650. The molecule has 0 radical (unpaired) electrons. The van der Waals surface area contributed by atoms with E-state index in [2.05, 4.69) is 130 Å². The zero-order valence-corrected chi connectivity index (χ0v) is 42.7. The van der Waals surface area contributed by atoms with E-state index in [4.69, 9.17) is 14.2 Å². The predicted molar refractivity (Wildman–Crippen MR) is 283 cm³/mol. The predicted octanol–water partition coefficient (Wildman–Crippen LogP) is 17.9. The summed E-state index contributed by atoms with van der Waals surface area (Å²) in [4.78, 5) is 38.0. The highest BCUT2D eigenvalue weighted by Gasteiger charge is 2.19. The number of hydrogen-bond acceptors (Lipinski definition) is 6. The van der Waals surface area contributed by atoms with Crippen molar-refractivity contribution in [2.75, 3.05) is 13.2 Å². The Morgan fingerprint density at radius 1 is 0.318 bits per heavy atom. The number of ether oxygens (including phenoxy) is 3. The molecule has 0 saturated carbocycles. The highest BCUT2D eigenvalue weighted by molar-refractivity contribution is 5.71. The molecule has 0 amide bonds. The molecule has 6 nitrogen and oxygen atoms in total. The summed E-state index contributed by atoms with van der Waals surface area (Å²) < 4.78 is 16.8. The molecule has 0 aromatic heterocycles. The molecule has 0 bridgehead atoms. The van der Waals surface area contributed by atoms with E-state index in [-0.39, 0.29) is 31.1 Å². The van der Waals surface area contributed by atoms with Crippen LogP contribution in [0.4, 0.5) is 0 Å². The van der Waals surface area contributed by atoms with Crippen molar-refractivity contribution < 1.29 is 28.6 Å². The second-order valence-electron chi connectivity index (χ2n) is 17.4. The highest BCUT2D eigenvalue weighted by atomic mass is 16.6. The third kappa shape index (κ3) is 51.1. The standard InChI is InChI=1S/C60H98O6/c1-4-7-10-13-16-19-22-25-28-29-30-31-33-35-38-41-44-47-50-53-59(62)65-56-57(55-64-58(61)52-49-46-43-40-37-34-27-24-21-18-15-12-9-6-3)66-60(63)54-51-48-45-42-39-36-32-26-23-20-17-14-11-8-5-2/h8,11,15-20,24-28,30-32,35,38,57H,4-7,9-10,12-14,21-23,29,33-34,36-37,39-56H2,1-3H3/b11-8-,18-15-,19-16-,20-17-,27-24-,28-25-,31-30-,32-26-,38-35-/t57-/m1/s1. The van der Waals surface area contributed by atoms with Gasteiger partial charge in [-0.3, -0.25) is 14.4 Å². The zero-order valence-electron chi connectivity index (χ0n) is 42.7. The van der Waals surface area contributed by atoms with Crippen LogP contribution in [0.5, 0.6) is 0 Å². The van der Waals surface area contributed by atoms with E-state index in [9.17, 15) is 14.4 Å². The molecule has 6 heteroatoms. The van der Waals surface area contributed by atoms with Gasteiger partial charge in [0.2, 0.25) is 0 Å². The summed E-state index contributed by atoms with van der Waals surface area (Å²) in [6, 6.07) is 0. The van der Waals surface area contributed by atoms with Crippen molar-refractivity contribution in [3.05, 3.63) is 109 Å². The number of rotatable bonds is 47. The van der Waals surface area contributed by atoms with E-state index in [1.165, 1.54) is 44.9 Å². The molecular formula is C60H98O6. The van der Waals surface area contributed by atoms with Gasteiger partial charge in [-0.1, -0.05) is 201 Å². The van der Waals surface area contributed by atoms with Crippen molar-refractivity contribution in [1.82, 2.24) is 0 Å². The first-order valence-electron chi connectivity index (χ1n) is 26.9. The number of allylic oxidation sites excluding steroid dienone is 18. The van der Waals surface area contributed by atoms with E-state index in [0.717, 1.165) is 148 Å². The molecule has 0 fully saturated rings. The number of carbonyl (C=O) groups is 3. The molecule has 0 aliphatic rings. The van der Waals surface area contributed by atoms with Gasteiger partial charge < -0.3 is 14.2 Å². The highest BCUT2D eigenvalue weighted by Crippen LogP contribution is 2.13. The summed E-state index contributed by atoms with van der Waals surface area (Å²) >= 11 is 0. The first-order valence-corrected chi connectivity index (χ1v) is 26.9. The monoisotopic (exact) mass is 915 g/mol. The lowest BCUT2D eigenvalue weighted by atomic mass is 10.1. The summed E-state index contributed by atoms with van der Waals surface area (Å²) in [5.74, 6) is -0.970. The molecule has 0 N–H and O–H groups in total. The van der Waals surface area contributed by atoms with Gasteiger partial charge in [-0.25, -0.2) is 0 Å². The number of esters is 3. The third-order valence-electron chi connectivity index (χ3n) is 11.0. The first kappa shape index (κ1) is 62.1. The Bertz CT molecular complexity index is 1370. The van der Waals surface area contributed by atoms with Crippen molar-refractivity contribution in [3.63, 3.8) is 0 Å². The Hall–Kier alpha value is -3.93. The summed E-state index contributed by atoms with van der Waals surface area (Å²) in [5.41, 5.74) is 0. The average Bonchev–Trinajstić information content (AvgIpc) is 3.31. The second kappa shape index (κ2) is 53.7. The largest absolute Gasteiger partial charge is 0.462 e. The molecule has 0 aliphatic heterocycles. The smallest absolute Gasteiger partial charge is 0.306 e. The van der Waals surface area contributed by atoms with E-state index in [0.29, 0.717) is 19.3 Å². The molecule has 0 aromatic rings. The Labute approximate surface area is 406 Å². The number of unbranched alkanes of at least 4 members (excludes halogenated alkanes) is 18. The fourth-order valence-electron chi connectivity index (χ4n) is 6.93. The minimum absolute atomic E-state index is 0.105. The van der Waals surface area contributed by atoms with Gasteiger partial charge in [-0.2, -0.15) is 0 Å². The zero-order chi connectivity index (χ0) is 47.9. The summed E-state index contributed by atoms with van der Waals surface area (Å²) in [6.45, 7) is 6.39. The van der Waals surface area contributed by atoms with Gasteiger partial charge >= 0.3 is 17.9 Å². The Kier molecular flexibility index (Phi) is 50.5. The lowest BCUT2D eigenvalue weighted by molar-refractivity contribution is -0.167. The van der Waals surface area contributed by atoms with Crippen molar-refractivity contribution >= 4 is 17.9 Å². The van der Waals surface area contributed by atoms with Gasteiger partial charge in [0, 0.05) is 19.3 Å². The Morgan fingerprint density at radius 2 is 0.606 bits per heavy atom. The molecule has 0 saturated heterocycles. The van der Waals surface area contributed by atoms with Gasteiger partial charge in [-0.05, 0) is 122 Å². The van der Waals surface area contributed by atoms with Gasteiger partial charge in [-0.15, -0.1) is 0 Å². The second-order valence-corrected chi connectivity index (χ2v) is 17.4. The van der Waals surface area contributed by atoms with Gasteiger partial charge in [0.25, 0.3) is 0 Å². The van der Waals surface area contributed by atoms with Gasteiger partial charge in [0.1, 0.15) is 13.2 Å². The Balaban J connectivity index is 4.50. The lowest BCUT2D eigenvalue weighted by Gasteiger charge is -2.18. The summed E-state index contributed by atoms with van der Waals surface area (Å²) in [6.07, 6.45) is 72.1. The van der Waals surface area contributed by atoms with E-state index in [1.807, 2.05) is 0 Å². The topological polar surface area (TPSA) is 78.9 Å². The maximum Gasteiger partial charge on any atom is 0.306 e. The van der Waals surface area contributed by atoms with Crippen LogP contribution >= 0.6 is 0 Å². The van der Waals surface area contributed by atoms with Crippen molar-refractivity contribution in [2.45, 2.75) is 239 Å². The molecule has 0 spiro atoms. The molecule has 374 valence electrons. The van der Waals surface area contributed by atoms with Crippen molar-refractivity contribution in [3.8, 4) is 0 Å². The van der Waals surface area contributed by atoms with Crippen LogP contribution in [0, 0.1) is 0 Å². The van der Waals surface area contributed by atoms with E-state index < -0.39 is 6.10 Å². The molecule has 1 atom stereocenters. The molecule has 0 rings (SSSR count). The first-order chi connectivity index (χ1) is 32.5. The number of carbonyl (C=O) groups excluding carboxylic acids is 3. The maximum atomic E-state index is 12.8. The average molecular weight is 915 g/mol. The molecule has 0 unspecified atom stereocenters. The number of hydrogen-bond donors (Lipinski definition) is 0. The molecule has 0 aliphatic carbocycles. The van der Waals surface area contributed by atoms with Crippen LogP contribution in [-0.2, 0) is 28.6 Å². The minimum Gasteiger partial charge on any atom is -0.462 e. The van der Waals surface area contributed by atoms with Crippen LogP contribution < -0.4 is 0 Å². The van der Waals surface area contributed by atoms with Crippen LogP contribution in [0.15, 0.2) is 109 Å². The van der Waals surface area contributed by atoms with Gasteiger partial charge in [0.15, 0.2) is 6.10 Å². The fourth-order valence-corrected chi connectivity index (χ4v) is 6.93. The van der Waals surface area contributed by atoms with Crippen LogP contribution in [0.3, 0.4) is 0 Å². The maximum absolute atomic E-state index is 12.8. The van der Waals surface area contributed by atoms with Crippen LogP contribution in [0.1, 0.15) is 233 Å². The Morgan fingerprint density at radius 3 is 0.985 bits per heavy atom. The van der Waals surface area contributed by atoms with Gasteiger partial charge in [0.05, 0.1) is 0 Å². The van der Waals surface area contributed by atoms with Crippen molar-refractivity contribution in [1.29, 1.82) is 0 Å². The van der Waals surface area contributed by atoms with E-state index >= 15 is 0 Å². The van der Waals surface area contributed by atoms with Crippen LogP contribution in [0.25, 0.3) is 0 Å². The quantitative estimate of drug-likeness (QED) is 0.0262. The molecule has 0 aromatic carbocycles. The third-order valence-corrected chi connectivity index (χ3v) is 11.0. The van der Waals surface area contributed by atoms with Crippen LogP contribution in [-0.4, -0.2) is 37.2 Å². The summed E-state index contributed by atoms with van der Waals surface area (Å²) in [7, 11) is 0. The SMILES string of the molecule is CC/C=C\C/C=C\C/C=C\CCCCCCCC(=O)O[C@@H](COC(=O)CCCCC/C=C\C/C=C\C/C=C\C/C=C\CCCCC)COC(=O)CCCCCCC/C=C\C/C=C\CCCC. The summed E-state index contributed by atoms with van der Waals surface area (Å²) in [5, 5.41) is 0.